The summed E-state index contributed by atoms with van der Waals surface area (Å²) in [6, 6.07) is 12.8. The van der Waals surface area contributed by atoms with Gasteiger partial charge in [0.1, 0.15) is 5.75 Å². The van der Waals surface area contributed by atoms with E-state index in [2.05, 4.69) is 82.0 Å². The maximum absolute atomic E-state index is 10.8. The third-order valence-corrected chi connectivity index (χ3v) is 7.61. The van der Waals surface area contributed by atoms with Gasteiger partial charge < -0.3 is 10.0 Å². The average Bonchev–Trinajstić information content (AvgIpc) is 2.51. The van der Waals surface area contributed by atoms with Gasteiger partial charge in [0, 0.05) is 11.8 Å². The molecule has 2 rings (SSSR count). The molecule has 2 nitrogen and oxygen atoms in total. The summed E-state index contributed by atoms with van der Waals surface area (Å²) in [5.74, 6) is 0.518. The zero-order chi connectivity index (χ0) is 19.9. The van der Waals surface area contributed by atoms with Crippen LogP contribution in [0.4, 0.5) is 0 Å². The summed E-state index contributed by atoms with van der Waals surface area (Å²) in [4.78, 5) is 2.20. The van der Waals surface area contributed by atoms with Gasteiger partial charge in [-0.2, -0.15) is 0 Å². The molecule has 0 aliphatic heterocycles. The normalized spacial score (nSPS) is 11.6. The third kappa shape index (κ3) is 7.28. The first-order valence-corrected chi connectivity index (χ1v) is 17.2. The van der Waals surface area contributed by atoms with Crippen molar-refractivity contribution in [1.82, 2.24) is 4.90 Å². The Balaban J connectivity index is 0.00000105. The van der Waals surface area contributed by atoms with E-state index in [-0.39, 0.29) is 0 Å². The van der Waals surface area contributed by atoms with E-state index in [1.54, 1.807) is 0 Å². The molecule has 1 unspecified atom stereocenters. The van der Waals surface area contributed by atoms with Gasteiger partial charge in [0.05, 0.1) is 8.07 Å². The van der Waals surface area contributed by atoms with Gasteiger partial charge in [0.15, 0.2) is 0 Å². The van der Waals surface area contributed by atoms with Crippen LogP contribution in [0.5, 0.6) is 5.75 Å². The van der Waals surface area contributed by atoms with E-state index < -0.39 is 25.1 Å². The van der Waals surface area contributed by atoms with Crippen LogP contribution in [0.3, 0.4) is 0 Å². The molecule has 0 spiro atoms. The Morgan fingerprint density at radius 2 is 1.65 bits per heavy atom. The Morgan fingerprint density at radius 3 is 2.19 bits per heavy atom. The molecule has 0 heterocycles. The molecule has 0 fully saturated rings. The number of hydrogen-bond acceptors (Lipinski definition) is 2. The number of para-hydroxylation sites is 1. The first kappa shape index (κ1) is 24.2. The molecule has 0 saturated heterocycles. The van der Waals surface area contributed by atoms with Crippen molar-refractivity contribution in [3.8, 4) is 5.75 Å². The van der Waals surface area contributed by atoms with Crippen molar-refractivity contribution >= 4 is 51.1 Å². The molecule has 0 amide bonds. The van der Waals surface area contributed by atoms with E-state index in [4.69, 9.17) is 18.6 Å². The van der Waals surface area contributed by atoms with Crippen molar-refractivity contribution < 1.29 is 22.1 Å². The van der Waals surface area contributed by atoms with Crippen LogP contribution in [0.2, 0.25) is 19.6 Å². The van der Waals surface area contributed by atoms with Gasteiger partial charge >= 0.3 is 35.6 Å². The van der Waals surface area contributed by atoms with E-state index in [0.717, 1.165) is 17.0 Å². The first-order valence-electron chi connectivity index (χ1n) is 8.40. The molecule has 0 aliphatic carbocycles. The molecule has 0 aliphatic rings. The minimum absolute atomic E-state index is 0.494. The second-order valence-electron chi connectivity index (χ2n) is 7.49. The zero-order valence-corrected chi connectivity index (χ0v) is 21.4. The van der Waals surface area contributed by atoms with Crippen molar-refractivity contribution in [1.29, 1.82) is 0 Å². The summed E-state index contributed by atoms with van der Waals surface area (Å²) in [6.07, 6.45) is 0. The number of phenols is 1. The Morgan fingerprint density at radius 1 is 1.08 bits per heavy atom. The standard InChI is InChI=1S/C19H28NOPSi.2ClH.Ti/c1-14-9-7-10-15(13-20(2)3)19(14)22-16-11-8-12-17(18(16)21)23(4,5)6;;;/h7-12,21-22H,13H2,1-6H3;2*1H;/q;;;+2/p-2. The molecule has 0 bridgehead atoms. The molecule has 2 aromatic rings. The molecule has 1 N–H and O–H groups in total. The van der Waals surface area contributed by atoms with Crippen molar-refractivity contribution in [2.24, 2.45) is 0 Å². The van der Waals surface area contributed by atoms with Crippen molar-refractivity contribution in [2.75, 3.05) is 14.1 Å². The number of benzene rings is 2. The van der Waals surface area contributed by atoms with Crippen molar-refractivity contribution in [3.63, 3.8) is 0 Å². The number of aromatic hydroxyl groups is 1. The molecule has 2 aromatic carbocycles. The van der Waals surface area contributed by atoms with Crippen LogP contribution in [-0.4, -0.2) is 32.2 Å². The Bertz CT molecular complexity index is 723. The van der Waals surface area contributed by atoms with Crippen LogP contribution in [0.15, 0.2) is 36.4 Å². The number of aryl methyl sites for hydroxylation is 1. The van der Waals surface area contributed by atoms with Crippen LogP contribution >= 0.6 is 27.2 Å². The molecular formula is C19H28Cl2NOPSiTi. The molecule has 1 atom stereocenters. The monoisotopic (exact) mass is 463 g/mol. The fraction of sp³-hybridized carbons (Fsp3) is 0.368. The van der Waals surface area contributed by atoms with Gasteiger partial charge in [-0.15, -0.1) is 0 Å². The summed E-state index contributed by atoms with van der Waals surface area (Å²) in [5, 5.41) is 14.4. The van der Waals surface area contributed by atoms with Gasteiger partial charge in [-0.05, 0) is 42.6 Å². The van der Waals surface area contributed by atoms with Gasteiger partial charge in [-0.1, -0.05) is 64.6 Å². The second-order valence-corrected chi connectivity index (χ2v) is 16.4. The van der Waals surface area contributed by atoms with Gasteiger partial charge in [-0.3, -0.25) is 0 Å². The van der Waals surface area contributed by atoms with Crippen molar-refractivity contribution in [3.05, 3.63) is 47.5 Å². The molecule has 0 aromatic heterocycles. The van der Waals surface area contributed by atoms with Crippen LogP contribution in [-0.2, 0) is 23.6 Å². The summed E-state index contributed by atoms with van der Waals surface area (Å²) in [6.45, 7) is 9.93. The van der Waals surface area contributed by atoms with Gasteiger partial charge in [0.2, 0.25) is 0 Å². The molecule has 142 valence electrons. The molecular weight excluding hydrogens is 436 g/mol. The molecule has 0 radical (unpaired) electrons. The van der Waals surface area contributed by atoms with E-state index in [1.807, 2.05) is 0 Å². The Kier molecular flexibility index (Phi) is 10.4. The topological polar surface area (TPSA) is 23.5 Å². The van der Waals surface area contributed by atoms with Crippen LogP contribution in [0.1, 0.15) is 11.1 Å². The number of hydrogen-bond donors (Lipinski definition) is 1. The third-order valence-electron chi connectivity index (χ3n) is 3.95. The fourth-order valence-electron chi connectivity index (χ4n) is 2.76. The zero-order valence-electron chi connectivity index (χ0n) is 16.3. The minimum atomic E-state index is -1.53. The molecule has 0 saturated carbocycles. The number of rotatable bonds is 5. The molecule has 26 heavy (non-hydrogen) atoms. The summed E-state index contributed by atoms with van der Waals surface area (Å²) < 4.78 is 0. The summed E-state index contributed by atoms with van der Waals surface area (Å²) in [7, 11) is 12.9. The summed E-state index contributed by atoms with van der Waals surface area (Å²) in [5.41, 5.74) is 2.66. The van der Waals surface area contributed by atoms with Crippen LogP contribution in [0.25, 0.3) is 0 Å². The number of nitrogens with zero attached hydrogens (tertiary/aromatic N) is 1. The van der Waals surface area contributed by atoms with Crippen LogP contribution in [0, 0.1) is 6.92 Å². The second kappa shape index (κ2) is 11.2. The van der Waals surface area contributed by atoms with E-state index in [9.17, 15) is 5.11 Å². The fourth-order valence-corrected chi connectivity index (χ4v) is 5.64. The van der Waals surface area contributed by atoms with E-state index >= 15 is 0 Å². The number of halogens is 2. The molecule has 7 heteroatoms. The predicted octanol–water partition coefficient (Wildman–Crippen LogP) is 4.31. The maximum atomic E-state index is 10.8. The Labute approximate surface area is 177 Å². The van der Waals surface area contributed by atoms with Gasteiger partial charge in [0.25, 0.3) is 0 Å². The van der Waals surface area contributed by atoms with Gasteiger partial charge in [-0.25, -0.2) is 0 Å². The van der Waals surface area contributed by atoms with E-state index in [1.165, 1.54) is 16.4 Å². The quantitative estimate of drug-likeness (QED) is 0.527. The Hall–Kier alpha value is 0.141. The summed E-state index contributed by atoms with van der Waals surface area (Å²) >= 11 is -0.556. The van der Waals surface area contributed by atoms with E-state index in [0.29, 0.717) is 14.3 Å². The average molecular weight is 464 g/mol. The SMILES string of the molecule is Cc1cccc(CN(C)C)c1Pc1cccc([Si](C)(C)C)c1O.[Cl][Ti][Cl]. The van der Waals surface area contributed by atoms with Crippen molar-refractivity contribution in [2.45, 2.75) is 33.1 Å². The first-order chi connectivity index (χ1) is 12.1. The number of phenolic OH excluding ortho intramolecular Hbond substituents is 1. The van der Waals surface area contributed by atoms with Crippen LogP contribution < -0.4 is 15.8 Å². The predicted molar refractivity (Wildman–Crippen MR) is 119 cm³/mol.